The van der Waals surface area contributed by atoms with E-state index in [2.05, 4.69) is 10.0 Å². The molecule has 0 aromatic heterocycles. The van der Waals surface area contributed by atoms with Gasteiger partial charge in [-0.3, -0.25) is 9.52 Å². The molecule has 0 saturated carbocycles. The molecule has 2 aliphatic rings. The van der Waals surface area contributed by atoms with Gasteiger partial charge < -0.3 is 10.1 Å². The predicted octanol–water partition coefficient (Wildman–Crippen LogP) is 2.70. The maximum absolute atomic E-state index is 12.7. The number of ether oxygens (including phenoxy) is 1. The van der Waals surface area contributed by atoms with Crippen LogP contribution in [0.1, 0.15) is 24.0 Å². The summed E-state index contributed by atoms with van der Waals surface area (Å²) in [7, 11) is -3.69. The van der Waals surface area contributed by atoms with Gasteiger partial charge in [0.1, 0.15) is 5.75 Å². The molecular formula is C18H18N2O4S. The first-order valence-electron chi connectivity index (χ1n) is 8.23. The minimum absolute atomic E-state index is 0.0345. The Bertz CT molecular complexity index is 954. The highest BCUT2D eigenvalue weighted by Crippen LogP contribution is 2.31. The van der Waals surface area contributed by atoms with Crippen molar-refractivity contribution in [1.29, 1.82) is 0 Å². The zero-order chi connectivity index (χ0) is 17.4. The van der Waals surface area contributed by atoms with Crippen molar-refractivity contribution in [3.63, 3.8) is 0 Å². The molecule has 25 heavy (non-hydrogen) atoms. The number of sulfonamides is 1. The van der Waals surface area contributed by atoms with Crippen molar-refractivity contribution in [2.24, 2.45) is 0 Å². The van der Waals surface area contributed by atoms with Crippen molar-refractivity contribution in [3.05, 3.63) is 47.5 Å². The average molecular weight is 358 g/mol. The summed E-state index contributed by atoms with van der Waals surface area (Å²) in [5, 5.41) is 2.67. The summed E-state index contributed by atoms with van der Waals surface area (Å²) < 4.78 is 33.2. The number of carbonyl (C=O) groups excluding carboxylic acids is 1. The smallest absolute Gasteiger partial charge is 0.262 e. The van der Waals surface area contributed by atoms with Crippen LogP contribution in [0.15, 0.2) is 41.3 Å². The van der Waals surface area contributed by atoms with E-state index in [-0.39, 0.29) is 17.4 Å². The minimum atomic E-state index is -3.69. The minimum Gasteiger partial charge on any atom is -0.482 e. The van der Waals surface area contributed by atoms with Crippen LogP contribution in [0.2, 0.25) is 0 Å². The first-order valence-corrected chi connectivity index (χ1v) is 9.71. The highest BCUT2D eigenvalue weighted by molar-refractivity contribution is 7.92. The van der Waals surface area contributed by atoms with Crippen LogP contribution < -0.4 is 14.8 Å². The van der Waals surface area contributed by atoms with Gasteiger partial charge in [-0.2, -0.15) is 0 Å². The Hall–Kier alpha value is -2.54. The molecule has 1 aliphatic carbocycles. The molecule has 0 atom stereocenters. The van der Waals surface area contributed by atoms with Crippen molar-refractivity contribution in [2.45, 2.75) is 30.6 Å². The zero-order valence-electron chi connectivity index (χ0n) is 13.5. The molecule has 2 aromatic rings. The lowest BCUT2D eigenvalue weighted by Crippen LogP contribution is -2.25. The quantitative estimate of drug-likeness (QED) is 0.883. The molecule has 2 N–H and O–H groups in total. The number of fused-ring (bicyclic) bond motifs is 2. The van der Waals surface area contributed by atoms with Gasteiger partial charge in [-0.05, 0) is 67.1 Å². The van der Waals surface area contributed by atoms with Gasteiger partial charge in [0, 0.05) is 0 Å². The number of hydrogen-bond donors (Lipinski definition) is 2. The van der Waals surface area contributed by atoms with Gasteiger partial charge in [-0.1, -0.05) is 6.07 Å². The van der Waals surface area contributed by atoms with Crippen LogP contribution in [0.4, 0.5) is 11.4 Å². The largest absolute Gasteiger partial charge is 0.482 e. The van der Waals surface area contributed by atoms with E-state index >= 15 is 0 Å². The number of nitrogens with one attached hydrogen (secondary N) is 2. The molecule has 130 valence electrons. The van der Waals surface area contributed by atoms with E-state index in [1.54, 1.807) is 30.3 Å². The van der Waals surface area contributed by atoms with E-state index in [1.165, 1.54) is 5.56 Å². The maximum Gasteiger partial charge on any atom is 0.262 e. The Kier molecular flexibility index (Phi) is 3.88. The molecule has 0 fully saturated rings. The Morgan fingerprint density at radius 1 is 1.00 bits per heavy atom. The summed E-state index contributed by atoms with van der Waals surface area (Å²) in [4.78, 5) is 11.7. The van der Waals surface area contributed by atoms with E-state index in [9.17, 15) is 13.2 Å². The number of benzene rings is 2. The highest BCUT2D eigenvalue weighted by Gasteiger charge is 2.20. The van der Waals surface area contributed by atoms with Crippen molar-refractivity contribution in [2.75, 3.05) is 16.6 Å². The number of amides is 1. The van der Waals surface area contributed by atoms with Crippen LogP contribution in [0, 0.1) is 0 Å². The molecule has 0 saturated heterocycles. The van der Waals surface area contributed by atoms with E-state index in [0.29, 0.717) is 17.1 Å². The van der Waals surface area contributed by atoms with Crippen LogP contribution in [0.25, 0.3) is 0 Å². The molecule has 0 bridgehead atoms. The molecular weight excluding hydrogens is 340 g/mol. The van der Waals surface area contributed by atoms with Gasteiger partial charge in [0.2, 0.25) is 0 Å². The second-order valence-corrected chi connectivity index (χ2v) is 7.97. The second-order valence-electron chi connectivity index (χ2n) is 6.29. The van der Waals surface area contributed by atoms with Crippen molar-refractivity contribution >= 4 is 27.3 Å². The Morgan fingerprint density at radius 2 is 1.80 bits per heavy atom. The number of rotatable bonds is 3. The first kappa shape index (κ1) is 16.0. The molecule has 0 unspecified atom stereocenters. The topological polar surface area (TPSA) is 84.5 Å². The molecule has 4 rings (SSSR count). The molecule has 0 radical (unpaired) electrons. The summed E-state index contributed by atoms with van der Waals surface area (Å²) in [5.41, 5.74) is 3.18. The normalized spacial score (nSPS) is 16.2. The third-order valence-electron chi connectivity index (χ3n) is 4.49. The first-order chi connectivity index (χ1) is 12.0. The number of carbonyl (C=O) groups is 1. The fourth-order valence-corrected chi connectivity index (χ4v) is 4.34. The van der Waals surface area contributed by atoms with E-state index in [4.69, 9.17) is 4.74 Å². The Labute approximate surface area is 146 Å². The lowest BCUT2D eigenvalue weighted by molar-refractivity contribution is -0.118. The van der Waals surface area contributed by atoms with E-state index in [0.717, 1.165) is 31.2 Å². The molecule has 1 heterocycles. The predicted molar refractivity (Wildman–Crippen MR) is 94.5 cm³/mol. The summed E-state index contributed by atoms with van der Waals surface area (Å²) in [6.07, 6.45) is 4.17. The summed E-state index contributed by atoms with van der Waals surface area (Å²) in [6.45, 7) is -0.0345. The van der Waals surface area contributed by atoms with Crippen LogP contribution in [0.5, 0.6) is 5.75 Å². The van der Waals surface area contributed by atoms with Gasteiger partial charge in [0.15, 0.2) is 6.61 Å². The van der Waals surface area contributed by atoms with Gasteiger partial charge in [-0.25, -0.2) is 8.42 Å². The molecule has 7 heteroatoms. The molecule has 6 nitrogen and oxygen atoms in total. The number of aryl methyl sites for hydroxylation is 2. The Morgan fingerprint density at radius 3 is 2.64 bits per heavy atom. The van der Waals surface area contributed by atoms with E-state index < -0.39 is 10.0 Å². The standard InChI is InChI=1S/C18H18N2O4S/c21-18-11-24-17-8-6-14(10-16(17)19-18)20-25(22,23)15-7-5-12-3-1-2-4-13(12)9-15/h5-10,20H,1-4,11H2,(H,19,21). The SMILES string of the molecule is O=C1COc2ccc(NS(=O)(=O)c3ccc4c(c3)CCCC4)cc2N1. The van der Waals surface area contributed by atoms with E-state index in [1.807, 2.05) is 6.07 Å². The number of anilines is 2. The van der Waals surface area contributed by atoms with Crippen LogP contribution in [-0.4, -0.2) is 20.9 Å². The van der Waals surface area contributed by atoms with Gasteiger partial charge >= 0.3 is 0 Å². The van der Waals surface area contributed by atoms with Crippen LogP contribution >= 0.6 is 0 Å². The number of hydrogen-bond acceptors (Lipinski definition) is 4. The second kappa shape index (κ2) is 6.07. The third kappa shape index (κ3) is 3.19. The van der Waals surface area contributed by atoms with Crippen LogP contribution in [0.3, 0.4) is 0 Å². The molecule has 1 amide bonds. The summed E-state index contributed by atoms with van der Waals surface area (Å²) in [6, 6.07) is 10.1. The third-order valence-corrected chi connectivity index (χ3v) is 5.87. The van der Waals surface area contributed by atoms with Crippen molar-refractivity contribution in [1.82, 2.24) is 0 Å². The average Bonchev–Trinajstić information content (AvgIpc) is 2.60. The van der Waals surface area contributed by atoms with Crippen molar-refractivity contribution < 1.29 is 17.9 Å². The molecule has 1 aliphatic heterocycles. The van der Waals surface area contributed by atoms with Gasteiger partial charge in [0.05, 0.1) is 16.3 Å². The van der Waals surface area contributed by atoms with Gasteiger partial charge in [0.25, 0.3) is 15.9 Å². The monoisotopic (exact) mass is 358 g/mol. The summed E-state index contributed by atoms with van der Waals surface area (Å²) >= 11 is 0. The van der Waals surface area contributed by atoms with Crippen LogP contribution in [-0.2, 0) is 27.7 Å². The summed E-state index contributed by atoms with van der Waals surface area (Å²) in [5.74, 6) is 0.263. The Balaban J connectivity index is 1.61. The fourth-order valence-electron chi connectivity index (χ4n) is 3.24. The molecule has 2 aromatic carbocycles. The molecule has 0 spiro atoms. The maximum atomic E-state index is 12.7. The van der Waals surface area contributed by atoms with Gasteiger partial charge in [-0.15, -0.1) is 0 Å². The lowest BCUT2D eigenvalue weighted by Gasteiger charge is -2.19. The van der Waals surface area contributed by atoms with Crippen molar-refractivity contribution in [3.8, 4) is 5.75 Å². The lowest BCUT2D eigenvalue weighted by atomic mass is 9.92. The zero-order valence-corrected chi connectivity index (χ0v) is 14.4. The highest BCUT2D eigenvalue weighted by atomic mass is 32.2. The fraction of sp³-hybridized carbons (Fsp3) is 0.278.